The fourth-order valence-corrected chi connectivity index (χ4v) is 2.97. The summed E-state index contributed by atoms with van der Waals surface area (Å²) in [6, 6.07) is 4.16. The molecule has 1 aromatic carbocycles. The van der Waals surface area contributed by atoms with Crippen LogP contribution in [0.5, 0.6) is 0 Å². The van der Waals surface area contributed by atoms with Crippen molar-refractivity contribution in [1.29, 1.82) is 0 Å². The summed E-state index contributed by atoms with van der Waals surface area (Å²) in [6.45, 7) is 4.11. The van der Waals surface area contributed by atoms with Crippen molar-refractivity contribution in [2.45, 2.75) is 45.1 Å². The Kier molecular flexibility index (Phi) is 4.43. The zero-order valence-electron chi connectivity index (χ0n) is 12.1. The maximum Gasteiger partial charge on any atom is 0.251 e. The van der Waals surface area contributed by atoms with Crippen molar-refractivity contribution in [3.63, 3.8) is 0 Å². The lowest BCUT2D eigenvalue weighted by atomic mass is 9.79. The second kappa shape index (κ2) is 5.92. The quantitative estimate of drug-likeness (QED) is 0.894. The first-order chi connectivity index (χ1) is 9.39. The van der Waals surface area contributed by atoms with E-state index in [0.29, 0.717) is 24.3 Å². The normalized spacial score (nSPS) is 26.3. The summed E-state index contributed by atoms with van der Waals surface area (Å²) in [6.07, 6.45) is 3.51. The molecular weight excluding hydrogens is 257 g/mol. The molecule has 2 rings (SSSR count). The Morgan fingerprint density at radius 3 is 3.00 bits per heavy atom. The molecule has 1 amide bonds. The van der Waals surface area contributed by atoms with Gasteiger partial charge in [0, 0.05) is 12.1 Å². The van der Waals surface area contributed by atoms with Gasteiger partial charge < -0.3 is 10.4 Å². The van der Waals surface area contributed by atoms with Crippen LogP contribution in [0, 0.1) is 18.7 Å². The van der Waals surface area contributed by atoms with Crippen molar-refractivity contribution >= 4 is 5.91 Å². The maximum absolute atomic E-state index is 13.2. The Morgan fingerprint density at radius 1 is 1.55 bits per heavy atom. The number of hydrogen-bond acceptors (Lipinski definition) is 2. The topological polar surface area (TPSA) is 49.3 Å². The highest BCUT2D eigenvalue weighted by atomic mass is 19.1. The zero-order chi connectivity index (χ0) is 14.8. The van der Waals surface area contributed by atoms with Crippen LogP contribution in [0.1, 0.15) is 48.5 Å². The number of hydrogen-bond donors (Lipinski definition) is 2. The first-order valence-electron chi connectivity index (χ1n) is 7.16. The highest BCUT2D eigenvalue weighted by Gasteiger charge is 2.33. The van der Waals surface area contributed by atoms with Crippen LogP contribution in [0.3, 0.4) is 0 Å². The number of amides is 1. The van der Waals surface area contributed by atoms with E-state index in [2.05, 4.69) is 12.2 Å². The van der Waals surface area contributed by atoms with Gasteiger partial charge in [-0.3, -0.25) is 4.79 Å². The first-order valence-corrected chi connectivity index (χ1v) is 7.16. The molecule has 1 saturated carbocycles. The summed E-state index contributed by atoms with van der Waals surface area (Å²) >= 11 is 0. The van der Waals surface area contributed by atoms with Crippen molar-refractivity contribution in [3.8, 4) is 0 Å². The van der Waals surface area contributed by atoms with Crippen molar-refractivity contribution in [1.82, 2.24) is 5.32 Å². The van der Waals surface area contributed by atoms with Gasteiger partial charge >= 0.3 is 0 Å². The summed E-state index contributed by atoms with van der Waals surface area (Å²) in [7, 11) is 0. The Bertz CT molecular complexity index is 503. The zero-order valence-corrected chi connectivity index (χ0v) is 12.1. The van der Waals surface area contributed by atoms with Crippen molar-refractivity contribution in [3.05, 3.63) is 35.1 Å². The third-order valence-corrected chi connectivity index (χ3v) is 4.09. The minimum absolute atomic E-state index is 0.228. The highest BCUT2D eigenvalue weighted by Crippen LogP contribution is 2.31. The van der Waals surface area contributed by atoms with E-state index in [4.69, 9.17) is 0 Å². The number of carbonyl (C=O) groups excluding carboxylic acids is 1. The Balaban J connectivity index is 1.99. The van der Waals surface area contributed by atoms with Crippen molar-refractivity contribution in [2.75, 3.05) is 6.54 Å². The number of aliphatic hydroxyl groups is 1. The van der Waals surface area contributed by atoms with Crippen LogP contribution < -0.4 is 5.32 Å². The van der Waals surface area contributed by atoms with Crippen LogP contribution in [0.25, 0.3) is 0 Å². The molecule has 110 valence electrons. The second-order valence-corrected chi connectivity index (χ2v) is 6.07. The van der Waals surface area contributed by atoms with Gasteiger partial charge in [-0.1, -0.05) is 25.8 Å². The number of rotatable bonds is 3. The molecular formula is C16H22FNO2. The van der Waals surface area contributed by atoms with E-state index in [1.807, 2.05) is 0 Å². The molecule has 1 aromatic rings. The molecule has 2 unspecified atom stereocenters. The minimum Gasteiger partial charge on any atom is -0.388 e. The van der Waals surface area contributed by atoms with Gasteiger partial charge in [-0.05, 0) is 43.4 Å². The second-order valence-electron chi connectivity index (χ2n) is 6.07. The number of carbonyl (C=O) groups is 1. The van der Waals surface area contributed by atoms with Crippen LogP contribution in [0.2, 0.25) is 0 Å². The van der Waals surface area contributed by atoms with Gasteiger partial charge in [0.15, 0.2) is 0 Å². The predicted molar refractivity (Wildman–Crippen MR) is 76.1 cm³/mol. The van der Waals surface area contributed by atoms with E-state index < -0.39 is 11.4 Å². The van der Waals surface area contributed by atoms with Gasteiger partial charge in [0.05, 0.1) is 5.60 Å². The predicted octanol–water partition coefficient (Wildman–Crippen LogP) is 2.81. The van der Waals surface area contributed by atoms with Crippen LogP contribution in [0.4, 0.5) is 4.39 Å². The molecule has 0 saturated heterocycles. The van der Waals surface area contributed by atoms with E-state index >= 15 is 0 Å². The third-order valence-electron chi connectivity index (χ3n) is 4.09. The molecule has 1 aliphatic rings. The molecule has 2 atom stereocenters. The largest absolute Gasteiger partial charge is 0.388 e. The van der Waals surface area contributed by atoms with Gasteiger partial charge in [0.25, 0.3) is 5.91 Å². The lowest BCUT2D eigenvalue weighted by Crippen LogP contribution is -2.45. The summed E-state index contributed by atoms with van der Waals surface area (Å²) in [5, 5.41) is 13.2. The molecule has 4 heteroatoms. The van der Waals surface area contributed by atoms with Gasteiger partial charge in [-0.25, -0.2) is 4.39 Å². The molecule has 0 radical (unpaired) electrons. The lowest BCUT2D eigenvalue weighted by Gasteiger charge is -2.35. The molecule has 3 nitrogen and oxygen atoms in total. The SMILES string of the molecule is Cc1ccc(F)cc1C(=O)NCC1(O)CCCC(C)C1. The maximum atomic E-state index is 13.2. The summed E-state index contributed by atoms with van der Waals surface area (Å²) in [5.74, 6) is -0.277. The molecule has 0 aliphatic heterocycles. The standard InChI is InChI=1S/C16H22FNO2/c1-11-4-3-7-16(20,9-11)10-18-15(19)14-8-13(17)6-5-12(14)2/h5-6,8,11,20H,3-4,7,9-10H2,1-2H3,(H,18,19). The number of aryl methyl sites for hydroxylation is 1. The van der Waals surface area contributed by atoms with Crippen LogP contribution in [-0.4, -0.2) is 23.2 Å². The Morgan fingerprint density at radius 2 is 2.30 bits per heavy atom. The van der Waals surface area contributed by atoms with Gasteiger partial charge in [-0.15, -0.1) is 0 Å². The van der Waals surface area contributed by atoms with E-state index in [1.165, 1.54) is 12.1 Å². The number of benzene rings is 1. The molecule has 0 heterocycles. The molecule has 0 aromatic heterocycles. The number of nitrogens with one attached hydrogen (secondary N) is 1. The average Bonchev–Trinajstić information content (AvgIpc) is 2.39. The highest BCUT2D eigenvalue weighted by molar-refractivity contribution is 5.95. The van der Waals surface area contributed by atoms with Gasteiger partial charge in [0.2, 0.25) is 0 Å². The van der Waals surface area contributed by atoms with Gasteiger partial charge in [-0.2, -0.15) is 0 Å². The van der Waals surface area contributed by atoms with E-state index in [-0.39, 0.29) is 12.5 Å². The molecule has 0 spiro atoms. The minimum atomic E-state index is -0.825. The van der Waals surface area contributed by atoms with Crippen molar-refractivity contribution < 1.29 is 14.3 Å². The lowest BCUT2D eigenvalue weighted by molar-refractivity contribution is -0.0109. The molecule has 2 N–H and O–H groups in total. The van der Waals surface area contributed by atoms with E-state index in [1.54, 1.807) is 13.0 Å². The van der Waals surface area contributed by atoms with Gasteiger partial charge in [0.1, 0.15) is 5.82 Å². The summed E-state index contributed by atoms with van der Waals surface area (Å²) in [5.41, 5.74) is 0.236. The summed E-state index contributed by atoms with van der Waals surface area (Å²) < 4.78 is 13.2. The Labute approximate surface area is 119 Å². The molecule has 1 fully saturated rings. The average molecular weight is 279 g/mol. The van der Waals surface area contributed by atoms with Crippen LogP contribution >= 0.6 is 0 Å². The smallest absolute Gasteiger partial charge is 0.251 e. The fraction of sp³-hybridized carbons (Fsp3) is 0.562. The Hall–Kier alpha value is -1.42. The number of halogens is 1. The molecule has 0 bridgehead atoms. The van der Waals surface area contributed by atoms with E-state index in [0.717, 1.165) is 18.4 Å². The summed E-state index contributed by atoms with van der Waals surface area (Å²) in [4.78, 5) is 12.1. The third kappa shape index (κ3) is 3.57. The van der Waals surface area contributed by atoms with Crippen LogP contribution in [-0.2, 0) is 0 Å². The first kappa shape index (κ1) is 15.0. The van der Waals surface area contributed by atoms with Crippen LogP contribution in [0.15, 0.2) is 18.2 Å². The van der Waals surface area contributed by atoms with Crippen molar-refractivity contribution in [2.24, 2.45) is 5.92 Å². The molecule has 1 aliphatic carbocycles. The monoisotopic (exact) mass is 279 g/mol. The fourth-order valence-electron chi connectivity index (χ4n) is 2.97. The van der Waals surface area contributed by atoms with E-state index in [9.17, 15) is 14.3 Å². The molecule has 20 heavy (non-hydrogen) atoms.